The Hall–Kier alpha value is -2.56. The van der Waals surface area contributed by atoms with Crippen LogP contribution in [0.3, 0.4) is 0 Å². The summed E-state index contributed by atoms with van der Waals surface area (Å²) in [6, 6.07) is 7.21. The molecule has 0 atom stereocenters. The van der Waals surface area contributed by atoms with Gasteiger partial charge in [-0.05, 0) is 31.9 Å². The van der Waals surface area contributed by atoms with Gasteiger partial charge in [0.2, 0.25) is 0 Å². The number of carbonyl (C=O) groups is 2. The highest BCUT2D eigenvalue weighted by Crippen LogP contribution is 2.25. The molecular formula is C17H18N2O3. The lowest BCUT2D eigenvalue weighted by atomic mass is 9.93. The van der Waals surface area contributed by atoms with Crippen LogP contribution in [-0.2, 0) is 6.42 Å². The van der Waals surface area contributed by atoms with Crippen LogP contribution in [0.25, 0.3) is 0 Å². The van der Waals surface area contributed by atoms with E-state index >= 15 is 0 Å². The Labute approximate surface area is 128 Å². The number of nitrogens with one attached hydrogen (secondary N) is 2. The summed E-state index contributed by atoms with van der Waals surface area (Å²) in [6.45, 7) is 2.47. The third-order valence-electron chi connectivity index (χ3n) is 3.72. The summed E-state index contributed by atoms with van der Waals surface area (Å²) in [5, 5.41) is 2.82. The van der Waals surface area contributed by atoms with Gasteiger partial charge in [0, 0.05) is 30.1 Å². The first-order valence-corrected chi connectivity index (χ1v) is 7.46. The maximum Gasteiger partial charge on any atom is 0.257 e. The van der Waals surface area contributed by atoms with Crippen LogP contribution in [0.4, 0.5) is 5.69 Å². The number of aromatic amines is 1. The average Bonchev–Trinajstić information content (AvgIpc) is 2.93. The molecule has 0 saturated carbocycles. The molecule has 2 aromatic rings. The van der Waals surface area contributed by atoms with Crippen LogP contribution in [-0.4, -0.2) is 23.3 Å². The van der Waals surface area contributed by atoms with Crippen molar-refractivity contribution in [3.8, 4) is 5.75 Å². The number of anilines is 1. The lowest BCUT2D eigenvalue weighted by molar-refractivity contribution is 0.0956. The van der Waals surface area contributed by atoms with Crippen LogP contribution in [0.1, 0.15) is 46.2 Å². The van der Waals surface area contributed by atoms with Crippen LogP contribution < -0.4 is 10.1 Å². The summed E-state index contributed by atoms with van der Waals surface area (Å²) in [6.07, 6.45) is 3.78. The van der Waals surface area contributed by atoms with Crippen molar-refractivity contribution in [3.05, 3.63) is 47.3 Å². The van der Waals surface area contributed by atoms with E-state index in [2.05, 4.69) is 10.3 Å². The Kier molecular flexibility index (Phi) is 3.96. The number of carbonyl (C=O) groups excluding carboxylic acids is 2. The molecule has 0 fully saturated rings. The Morgan fingerprint density at radius 1 is 1.36 bits per heavy atom. The van der Waals surface area contributed by atoms with E-state index in [0.29, 0.717) is 35.6 Å². The molecule has 0 spiro atoms. The fourth-order valence-electron chi connectivity index (χ4n) is 2.74. The monoisotopic (exact) mass is 298 g/mol. The summed E-state index contributed by atoms with van der Waals surface area (Å²) in [5.74, 6) is 0.463. The molecule has 1 aromatic carbocycles. The molecule has 5 nitrogen and oxygen atoms in total. The average molecular weight is 298 g/mol. The van der Waals surface area contributed by atoms with Gasteiger partial charge in [0.25, 0.3) is 5.91 Å². The van der Waals surface area contributed by atoms with E-state index < -0.39 is 0 Å². The molecule has 1 aromatic heterocycles. The molecule has 1 aliphatic rings. The molecule has 1 amide bonds. The first-order chi connectivity index (χ1) is 10.7. The van der Waals surface area contributed by atoms with E-state index in [0.717, 1.165) is 18.5 Å². The number of rotatable bonds is 4. The third kappa shape index (κ3) is 2.74. The van der Waals surface area contributed by atoms with Crippen LogP contribution in [0.5, 0.6) is 5.75 Å². The van der Waals surface area contributed by atoms with Gasteiger partial charge in [-0.15, -0.1) is 0 Å². The molecule has 0 aliphatic heterocycles. The highest BCUT2D eigenvalue weighted by atomic mass is 16.5. The molecule has 3 rings (SSSR count). The standard InChI is InChI=1S/C17H18N2O3/c1-2-22-12-6-3-5-11(9-12)19-17(21)13-10-18-14-7-4-8-15(20)16(13)14/h3,5-6,9-10,18H,2,4,7-8H2,1H3,(H,19,21). The van der Waals surface area contributed by atoms with Gasteiger partial charge in [-0.25, -0.2) is 0 Å². The second-order valence-electron chi connectivity index (χ2n) is 5.25. The molecule has 22 heavy (non-hydrogen) atoms. The predicted octanol–water partition coefficient (Wildman–Crippen LogP) is 3.18. The van der Waals surface area contributed by atoms with Gasteiger partial charge in [0.15, 0.2) is 5.78 Å². The maximum atomic E-state index is 12.4. The Bertz CT molecular complexity index is 718. The quantitative estimate of drug-likeness (QED) is 0.910. The van der Waals surface area contributed by atoms with Crippen molar-refractivity contribution < 1.29 is 14.3 Å². The highest BCUT2D eigenvalue weighted by molar-refractivity contribution is 6.13. The second-order valence-corrected chi connectivity index (χ2v) is 5.25. The largest absolute Gasteiger partial charge is 0.494 e. The maximum absolute atomic E-state index is 12.4. The molecule has 1 heterocycles. The van der Waals surface area contributed by atoms with Crippen LogP contribution in [0.2, 0.25) is 0 Å². The number of ketones is 1. The minimum atomic E-state index is -0.276. The number of amides is 1. The molecule has 114 valence electrons. The Balaban J connectivity index is 1.82. The van der Waals surface area contributed by atoms with Crippen LogP contribution in [0.15, 0.2) is 30.5 Å². The normalized spacial score (nSPS) is 13.6. The van der Waals surface area contributed by atoms with Crippen molar-refractivity contribution in [2.45, 2.75) is 26.2 Å². The number of fused-ring (bicyclic) bond motifs is 1. The summed E-state index contributed by atoms with van der Waals surface area (Å²) >= 11 is 0. The number of benzene rings is 1. The van der Waals surface area contributed by atoms with Gasteiger partial charge in [-0.3, -0.25) is 9.59 Å². The van der Waals surface area contributed by atoms with E-state index in [1.165, 1.54) is 0 Å². The van der Waals surface area contributed by atoms with Crippen molar-refractivity contribution >= 4 is 17.4 Å². The van der Waals surface area contributed by atoms with E-state index in [1.807, 2.05) is 19.1 Å². The van der Waals surface area contributed by atoms with E-state index in [-0.39, 0.29) is 11.7 Å². The van der Waals surface area contributed by atoms with Gasteiger partial charge in [-0.2, -0.15) is 0 Å². The van der Waals surface area contributed by atoms with Gasteiger partial charge in [0.1, 0.15) is 5.75 Å². The highest BCUT2D eigenvalue weighted by Gasteiger charge is 2.25. The lowest BCUT2D eigenvalue weighted by Gasteiger charge is -2.12. The number of H-pyrrole nitrogens is 1. The van der Waals surface area contributed by atoms with Crippen LogP contribution >= 0.6 is 0 Å². The van der Waals surface area contributed by atoms with E-state index in [9.17, 15) is 9.59 Å². The van der Waals surface area contributed by atoms with Crippen molar-refractivity contribution in [1.29, 1.82) is 0 Å². The molecule has 2 N–H and O–H groups in total. The molecular weight excluding hydrogens is 280 g/mol. The molecule has 0 bridgehead atoms. The summed E-state index contributed by atoms with van der Waals surface area (Å²) in [7, 11) is 0. The fraction of sp³-hybridized carbons (Fsp3) is 0.294. The fourth-order valence-corrected chi connectivity index (χ4v) is 2.74. The minimum Gasteiger partial charge on any atom is -0.494 e. The van der Waals surface area contributed by atoms with Crippen LogP contribution in [0, 0.1) is 0 Å². The third-order valence-corrected chi connectivity index (χ3v) is 3.72. The van der Waals surface area contributed by atoms with Gasteiger partial charge in [-0.1, -0.05) is 6.07 Å². The van der Waals surface area contributed by atoms with E-state index in [1.54, 1.807) is 18.3 Å². The zero-order valence-corrected chi connectivity index (χ0v) is 12.4. The zero-order valence-electron chi connectivity index (χ0n) is 12.4. The predicted molar refractivity (Wildman–Crippen MR) is 83.6 cm³/mol. The molecule has 0 saturated heterocycles. The SMILES string of the molecule is CCOc1cccc(NC(=O)c2c[nH]c3c2C(=O)CCC3)c1. The Morgan fingerprint density at radius 3 is 3.05 bits per heavy atom. The van der Waals surface area contributed by atoms with Gasteiger partial charge >= 0.3 is 0 Å². The summed E-state index contributed by atoms with van der Waals surface area (Å²) in [4.78, 5) is 27.5. The Morgan fingerprint density at radius 2 is 2.23 bits per heavy atom. The number of aryl methyl sites for hydroxylation is 1. The van der Waals surface area contributed by atoms with Gasteiger partial charge < -0.3 is 15.0 Å². The minimum absolute atomic E-state index is 0.0377. The molecule has 1 aliphatic carbocycles. The number of hydrogen-bond donors (Lipinski definition) is 2. The van der Waals surface area contributed by atoms with Gasteiger partial charge in [0.05, 0.1) is 17.7 Å². The number of Topliss-reactive ketones (excluding diaryl/α,β-unsaturated/α-hetero) is 1. The summed E-state index contributed by atoms with van der Waals surface area (Å²) < 4.78 is 5.41. The number of aromatic nitrogens is 1. The smallest absolute Gasteiger partial charge is 0.257 e. The molecule has 5 heteroatoms. The number of hydrogen-bond acceptors (Lipinski definition) is 3. The van der Waals surface area contributed by atoms with Crippen molar-refractivity contribution in [2.24, 2.45) is 0 Å². The van der Waals surface area contributed by atoms with Crippen molar-refractivity contribution in [3.63, 3.8) is 0 Å². The first-order valence-electron chi connectivity index (χ1n) is 7.46. The zero-order chi connectivity index (χ0) is 15.5. The van der Waals surface area contributed by atoms with Crippen molar-refractivity contribution in [2.75, 3.05) is 11.9 Å². The second kappa shape index (κ2) is 6.05. The number of ether oxygens (including phenoxy) is 1. The first kappa shape index (κ1) is 14.4. The molecule has 0 unspecified atom stereocenters. The summed E-state index contributed by atoms with van der Waals surface area (Å²) in [5.41, 5.74) is 2.48. The lowest BCUT2D eigenvalue weighted by Crippen LogP contribution is -2.17. The van der Waals surface area contributed by atoms with Crippen molar-refractivity contribution in [1.82, 2.24) is 4.98 Å². The molecule has 0 radical (unpaired) electrons. The topological polar surface area (TPSA) is 71.2 Å². The van der Waals surface area contributed by atoms with E-state index in [4.69, 9.17) is 4.74 Å².